The van der Waals surface area contributed by atoms with Crippen LogP contribution in [-0.4, -0.2) is 21.6 Å². The molecular formula is C9H6I3NO3. The van der Waals surface area contributed by atoms with Crippen molar-refractivity contribution in [1.82, 2.24) is 3.11 Å². The van der Waals surface area contributed by atoms with Crippen LogP contribution in [-0.2, 0) is 4.79 Å². The fourth-order valence-corrected chi connectivity index (χ4v) is 1.83. The molecule has 0 unspecified atom stereocenters. The number of benzene rings is 1. The molecule has 0 heterocycles. The lowest BCUT2D eigenvalue weighted by Crippen LogP contribution is -2.41. The number of aliphatic carboxylic acids is 1. The van der Waals surface area contributed by atoms with Crippen LogP contribution in [0.2, 0.25) is 0 Å². The van der Waals surface area contributed by atoms with Crippen LogP contribution in [0.4, 0.5) is 0 Å². The van der Waals surface area contributed by atoms with Crippen molar-refractivity contribution in [2.24, 2.45) is 0 Å². The van der Waals surface area contributed by atoms with Crippen LogP contribution >= 0.6 is 68.0 Å². The van der Waals surface area contributed by atoms with Crippen molar-refractivity contribution in [1.29, 1.82) is 0 Å². The van der Waals surface area contributed by atoms with Crippen molar-refractivity contribution in [3.05, 3.63) is 35.9 Å². The molecule has 1 rings (SSSR count). The van der Waals surface area contributed by atoms with Gasteiger partial charge in [0.1, 0.15) is 0 Å². The van der Waals surface area contributed by atoms with Crippen LogP contribution in [0.3, 0.4) is 0 Å². The summed E-state index contributed by atoms with van der Waals surface area (Å²) in [6.45, 7) is 0. The Kier molecular flexibility index (Phi) is 5.22. The minimum absolute atomic E-state index is 0.326. The van der Waals surface area contributed by atoms with E-state index in [1.54, 1.807) is 98.4 Å². The second kappa shape index (κ2) is 5.80. The molecule has 0 atom stereocenters. The first-order valence-corrected chi connectivity index (χ1v) is 7.16. The van der Waals surface area contributed by atoms with Crippen LogP contribution in [0.25, 0.3) is 0 Å². The minimum atomic E-state index is -1.29. The van der Waals surface area contributed by atoms with Gasteiger partial charge in [0.2, 0.25) is 0 Å². The summed E-state index contributed by atoms with van der Waals surface area (Å²) in [5.41, 5.74) is 0.468. The highest BCUT2D eigenvalue weighted by Crippen LogP contribution is 2.36. The standard InChI is InChI=1S/C9H6I3NO3/c10-9(11,8(15)16)13(12)7(14)6-4-2-1-3-5-6/h1-5H,(H,15,16). The normalized spacial score (nSPS) is 10.9. The average Bonchev–Trinajstić information content (AvgIpc) is 2.28. The zero-order chi connectivity index (χ0) is 12.3. The SMILES string of the molecule is O=C(c1ccccc1)N(I)C(I)(I)C(=O)O. The number of carbonyl (C=O) groups excluding carboxylic acids is 1. The first kappa shape index (κ1) is 14.4. The Bertz CT molecular complexity index is 408. The first-order chi connectivity index (χ1) is 7.37. The van der Waals surface area contributed by atoms with Gasteiger partial charge in [-0.2, -0.15) is 0 Å². The number of hydrogen-bond donors (Lipinski definition) is 1. The van der Waals surface area contributed by atoms with Crippen LogP contribution < -0.4 is 0 Å². The summed E-state index contributed by atoms with van der Waals surface area (Å²) in [7, 11) is 0. The van der Waals surface area contributed by atoms with E-state index in [-0.39, 0.29) is 5.91 Å². The molecule has 0 aliphatic heterocycles. The summed E-state index contributed by atoms with van der Waals surface area (Å²) in [6, 6.07) is 8.58. The molecule has 16 heavy (non-hydrogen) atoms. The molecule has 4 nitrogen and oxygen atoms in total. The van der Waals surface area contributed by atoms with E-state index in [1.165, 1.54) is 3.11 Å². The highest BCUT2D eigenvalue weighted by Gasteiger charge is 2.41. The molecule has 1 amide bonds. The van der Waals surface area contributed by atoms with E-state index in [0.29, 0.717) is 5.56 Å². The number of carboxylic acids is 1. The summed E-state index contributed by atoms with van der Waals surface area (Å²) in [6.07, 6.45) is 0. The van der Waals surface area contributed by atoms with E-state index in [1.807, 2.05) is 0 Å². The molecule has 7 heteroatoms. The maximum Gasteiger partial charge on any atom is 0.351 e. The molecule has 1 aromatic rings. The Hall–Kier alpha value is 0.350. The molecule has 0 aliphatic rings. The second-order valence-electron chi connectivity index (χ2n) is 2.80. The highest BCUT2D eigenvalue weighted by molar-refractivity contribution is 14.2. The number of carbonyl (C=O) groups is 2. The van der Waals surface area contributed by atoms with Crippen molar-refractivity contribution in [2.75, 3.05) is 0 Å². The minimum Gasteiger partial charge on any atom is -0.478 e. The number of hydrogen-bond acceptors (Lipinski definition) is 2. The lowest BCUT2D eigenvalue weighted by atomic mass is 10.2. The van der Waals surface area contributed by atoms with Crippen molar-refractivity contribution >= 4 is 79.9 Å². The summed E-state index contributed by atoms with van der Waals surface area (Å²) >= 11 is 5.15. The van der Waals surface area contributed by atoms with Gasteiger partial charge in [0.25, 0.3) is 7.46 Å². The molecule has 0 fully saturated rings. The number of rotatable bonds is 3. The van der Waals surface area contributed by atoms with E-state index in [4.69, 9.17) is 5.11 Å². The Morgan fingerprint density at radius 1 is 1.19 bits per heavy atom. The summed E-state index contributed by atoms with van der Waals surface area (Å²) in [5, 5.41) is 8.99. The predicted molar refractivity (Wildman–Crippen MR) is 85.0 cm³/mol. The fraction of sp³-hybridized carbons (Fsp3) is 0.111. The Labute approximate surface area is 134 Å². The fourth-order valence-electron chi connectivity index (χ4n) is 0.906. The third-order valence-corrected chi connectivity index (χ3v) is 6.60. The topological polar surface area (TPSA) is 57.6 Å². The molecule has 0 radical (unpaired) electrons. The van der Waals surface area contributed by atoms with E-state index < -0.39 is 7.52 Å². The molecule has 0 bridgehead atoms. The molecule has 1 N–H and O–H groups in total. The van der Waals surface area contributed by atoms with E-state index >= 15 is 0 Å². The van der Waals surface area contributed by atoms with Gasteiger partial charge in [0, 0.05) is 5.56 Å². The van der Waals surface area contributed by atoms with E-state index in [9.17, 15) is 9.59 Å². The third-order valence-electron chi connectivity index (χ3n) is 1.70. The van der Waals surface area contributed by atoms with Crippen molar-refractivity contribution in [3.63, 3.8) is 0 Å². The van der Waals surface area contributed by atoms with Gasteiger partial charge < -0.3 is 5.11 Å². The molecule has 0 saturated heterocycles. The smallest absolute Gasteiger partial charge is 0.351 e. The molecule has 0 saturated carbocycles. The summed E-state index contributed by atoms with van der Waals surface area (Å²) in [4.78, 5) is 22.9. The monoisotopic (exact) mass is 557 g/mol. The van der Waals surface area contributed by atoms with E-state index in [2.05, 4.69) is 0 Å². The lowest BCUT2D eigenvalue weighted by molar-refractivity contribution is -0.137. The van der Waals surface area contributed by atoms with Gasteiger partial charge in [-0.15, -0.1) is 0 Å². The van der Waals surface area contributed by atoms with Gasteiger partial charge in [-0.3, -0.25) is 4.79 Å². The van der Waals surface area contributed by atoms with Crippen molar-refractivity contribution in [3.8, 4) is 0 Å². The predicted octanol–water partition coefficient (Wildman–Crippen LogP) is 3.09. The number of amides is 1. The van der Waals surface area contributed by atoms with Crippen LogP contribution in [0.15, 0.2) is 30.3 Å². The summed E-state index contributed by atoms with van der Waals surface area (Å²) < 4.78 is -0.119. The Balaban J connectivity index is 2.96. The maximum absolute atomic E-state index is 11.9. The summed E-state index contributed by atoms with van der Waals surface area (Å²) in [5.74, 6) is -1.39. The molecule has 0 aliphatic carbocycles. The Morgan fingerprint density at radius 2 is 1.69 bits per heavy atom. The average molecular weight is 557 g/mol. The molecular weight excluding hydrogens is 551 g/mol. The van der Waals surface area contributed by atoms with Crippen molar-refractivity contribution in [2.45, 2.75) is 1.55 Å². The van der Waals surface area contributed by atoms with Crippen molar-refractivity contribution < 1.29 is 14.7 Å². The third kappa shape index (κ3) is 3.18. The molecule has 1 aromatic carbocycles. The highest BCUT2D eigenvalue weighted by atomic mass is 127. The largest absolute Gasteiger partial charge is 0.478 e. The Morgan fingerprint density at radius 3 is 2.12 bits per heavy atom. The number of alkyl halides is 2. The maximum atomic E-state index is 11.9. The quantitative estimate of drug-likeness (QED) is 0.270. The molecule has 0 aromatic heterocycles. The first-order valence-electron chi connectivity index (χ1n) is 4.04. The van der Waals surface area contributed by atoms with Gasteiger partial charge >= 0.3 is 5.97 Å². The zero-order valence-electron chi connectivity index (χ0n) is 7.73. The van der Waals surface area contributed by atoms with Gasteiger partial charge in [-0.25, -0.2) is 7.91 Å². The number of carboxylic acid groups (broad SMARTS) is 1. The second-order valence-corrected chi connectivity index (χ2v) is 8.95. The van der Waals surface area contributed by atoms with Gasteiger partial charge in [-0.05, 0) is 57.3 Å². The van der Waals surface area contributed by atoms with Gasteiger partial charge in [0.15, 0.2) is 0 Å². The zero-order valence-corrected chi connectivity index (χ0v) is 14.2. The number of halogens is 3. The molecule has 86 valence electrons. The number of nitrogens with zero attached hydrogens (tertiary/aromatic N) is 1. The molecule has 0 spiro atoms. The van der Waals surface area contributed by atoms with Gasteiger partial charge in [-0.1, -0.05) is 18.2 Å². The van der Waals surface area contributed by atoms with Crippen LogP contribution in [0.1, 0.15) is 10.4 Å². The van der Waals surface area contributed by atoms with Crippen LogP contribution in [0.5, 0.6) is 0 Å². The van der Waals surface area contributed by atoms with E-state index in [0.717, 1.165) is 0 Å². The van der Waals surface area contributed by atoms with Crippen LogP contribution in [0, 0.1) is 0 Å². The van der Waals surface area contributed by atoms with Gasteiger partial charge in [0.05, 0.1) is 22.9 Å². The lowest BCUT2D eigenvalue weighted by Gasteiger charge is -2.25.